The number of nitrogens with zero attached hydrogens (tertiary/aromatic N) is 2. The first-order valence-corrected chi connectivity index (χ1v) is 9.13. The lowest BCUT2D eigenvalue weighted by Gasteiger charge is -2.08. The zero-order valence-electron chi connectivity index (χ0n) is 13.9. The first-order chi connectivity index (χ1) is 13.1. The highest BCUT2D eigenvalue weighted by Crippen LogP contribution is 2.27. The van der Waals surface area contributed by atoms with E-state index in [9.17, 15) is 26.7 Å². The maximum absolute atomic E-state index is 12.5. The van der Waals surface area contributed by atoms with E-state index in [4.69, 9.17) is 0 Å². The summed E-state index contributed by atoms with van der Waals surface area (Å²) in [5.41, 5.74) is 0.650. The number of aromatic hydroxyl groups is 1. The number of sulfonamides is 1. The second-order valence-corrected chi connectivity index (χ2v) is 7.20. The molecule has 0 fully saturated rings. The predicted molar refractivity (Wildman–Crippen MR) is 93.6 cm³/mol. The van der Waals surface area contributed by atoms with Crippen LogP contribution >= 0.6 is 0 Å². The third kappa shape index (κ3) is 4.68. The Kier molecular flexibility index (Phi) is 5.10. The molecule has 1 aromatic heterocycles. The Morgan fingerprint density at radius 2 is 1.79 bits per heavy atom. The lowest BCUT2D eigenvalue weighted by atomic mass is 10.2. The van der Waals surface area contributed by atoms with Crippen LogP contribution in [0.15, 0.2) is 57.9 Å². The first kappa shape index (κ1) is 19.4. The Balaban J connectivity index is 1.79. The van der Waals surface area contributed by atoms with Gasteiger partial charge in [0.15, 0.2) is 5.82 Å². The molecule has 2 N–H and O–H groups in total. The molecule has 0 aliphatic carbocycles. The lowest BCUT2D eigenvalue weighted by Crippen LogP contribution is -2.12. The molecule has 0 radical (unpaired) electrons. The van der Waals surface area contributed by atoms with Crippen molar-refractivity contribution in [2.24, 2.45) is 0 Å². The SMILES string of the molecule is O=S(=O)(Nc1ccc(O)cc1)c1cccc(/C=C/c2noc(C(F)(F)F)n2)c1. The average Bonchev–Trinajstić information content (AvgIpc) is 3.12. The van der Waals surface area contributed by atoms with Gasteiger partial charge in [0.25, 0.3) is 10.0 Å². The highest BCUT2D eigenvalue weighted by atomic mass is 32.2. The monoisotopic (exact) mass is 411 g/mol. The molecule has 28 heavy (non-hydrogen) atoms. The van der Waals surface area contributed by atoms with Gasteiger partial charge in [0.1, 0.15) is 5.75 Å². The van der Waals surface area contributed by atoms with Crippen molar-refractivity contribution in [3.05, 3.63) is 65.8 Å². The predicted octanol–water partition coefficient (Wildman–Crippen LogP) is 3.77. The van der Waals surface area contributed by atoms with E-state index >= 15 is 0 Å². The Morgan fingerprint density at radius 1 is 1.07 bits per heavy atom. The summed E-state index contributed by atoms with van der Waals surface area (Å²) in [5, 5.41) is 12.4. The fourth-order valence-corrected chi connectivity index (χ4v) is 3.23. The topological polar surface area (TPSA) is 105 Å². The van der Waals surface area contributed by atoms with Gasteiger partial charge >= 0.3 is 12.1 Å². The summed E-state index contributed by atoms with van der Waals surface area (Å²) in [4.78, 5) is 3.13. The number of hydrogen-bond acceptors (Lipinski definition) is 6. The summed E-state index contributed by atoms with van der Waals surface area (Å²) >= 11 is 0. The van der Waals surface area contributed by atoms with Crippen LogP contribution in [-0.4, -0.2) is 23.7 Å². The molecule has 0 unspecified atom stereocenters. The van der Waals surface area contributed by atoms with E-state index in [1.807, 2.05) is 0 Å². The second-order valence-electron chi connectivity index (χ2n) is 5.51. The van der Waals surface area contributed by atoms with Gasteiger partial charge in [0.2, 0.25) is 0 Å². The van der Waals surface area contributed by atoms with Gasteiger partial charge in [-0.1, -0.05) is 23.4 Å². The molecule has 0 aliphatic heterocycles. The van der Waals surface area contributed by atoms with Gasteiger partial charge in [-0.3, -0.25) is 4.72 Å². The van der Waals surface area contributed by atoms with E-state index in [1.54, 1.807) is 6.07 Å². The van der Waals surface area contributed by atoms with Crippen molar-refractivity contribution < 1.29 is 31.2 Å². The van der Waals surface area contributed by atoms with Crippen molar-refractivity contribution in [1.29, 1.82) is 0 Å². The molecule has 0 aliphatic rings. The number of phenolic OH excluding ortho intramolecular Hbond substituents is 1. The number of nitrogens with one attached hydrogen (secondary N) is 1. The number of aromatic nitrogens is 2. The normalized spacial score (nSPS) is 12.4. The van der Waals surface area contributed by atoms with Crippen molar-refractivity contribution >= 4 is 27.9 Å². The third-order valence-corrected chi connectivity index (χ3v) is 4.78. The molecule has 0 amide bonds. The summed E-state index contributed by atoms with van der Waals surface area (Å²) in [6, 6.07) is 11.2. The molecule has 146 valence electrons. The number of hydrogen-bond donors (Lipinski definition) is 2. The standard InChI is InChI=1S/C17H12F3N3O4S/c18-17(19,20)16-21-15(22-27-16)9-4-11-2-1-3-14(10-11)28(25,26)23-12-5-7-13(24)8-6-12/h1-10,23-24H/b9-4+. The molecule has 0 spiro atoms. The first-order valence-electron chi connectivity index (χ1n) is 7.64. The fourth-order valence-electron chi connectivity index (χ4n) is 2.12. The van der Waals surface area contributed by atoms with Crippen LogP contribution in [0.1, 0.15) is 17.3 Å². The van der Waals surface area contributed by atoms with Crippen LogP contribution in [0.2, 0.25) is 0 Å². The Morgan fingerprint density at radius 3 is 2.43 bits per heavy atom. The second kappa shape index (κ2) is 7.35. The molecule has 0 saturated heterocycles. The summed E-state index contributed by atoms with van der Waals surface area (Å²) in [5.74, 6) is -1.78. The summed E-state index contributed by atoms with van der Waals surface area (Å²) in [6.07, 6.45) is -2.23. The zero-order chi connectivity index (χ0) is 20.4. The summed E-state index contributed by atoms with van der Waals surface area (Å²) in [7, 11) is -3.91. The number of rotatable bonds is 5. The average molecular weight is 411 g/mol. The van der Waals surface area contributed by atoms with E-state index in [0.717, 1.165) is 6.08 Å². The van der Waals surface area contributed by atoms with Gasteiger partial charge in [0.05, 0.1) is 4.90 Å². The highest BCUT2D eigenvalue weighted by molar-refractivity contribution is 7.92. The summed E-state index contributed by atoms with van der Waals surface area (Å²) < 4.78 is 68.7. The number of phenols is 1. The minimum atomic E-state index is -4.74. The van der Waals surface area contributed by atoms with Gasteiger partial charge < -0.3 is 9.63 Å². The van der Waals surface area contributed by atoms with Gasteiger partial charge in [-0.05, 0) is 48.0 Å². The maximum atomic E-state index is 12.5. The Bertz CT molecular complexity index is 1110. The van der Waals surface area contributed by atoms with Crippen molar-refractivity contribution in [1.82, 2.24) is 10.1 Å². The molecule has 0 saturated carbocycles. The number of alkyl halides is 3. The van der Waals surface area contributed by atoms with Crippen LogP contribution in [0, 0.1) is 0 Å². The highest BCUT2D eigenvalue weighted by Gasteiger charge is 2.38. The van der Waals surface area contributed by atoms with Gasteiger partial charge in [-0.2, -0.15) is 18.2 Å². The maximum Gasteiger partial charge on any atom is 0.471 e. The lowest BCUT2D eigenvalue weighted by molar-refractivity contribution is -0.159. The van der Waals surface area contributed by atoms with Crippen LogP contribution in [0.3, 0.4) is 0 Å². The number of halogens is 3. The Hall–Kier alpha value is -3.34. The zero-order valence-corrected chi connectivity index (χ0v) is 14.7. The molecule has 2 aromatic carbocycles. The van der Waals surface area contributed by atoms with Crippen LogP contribution < -0.4 is 4.72 Å². The van der Waals surface area contributed by atoms with Crippen molar-refractivity contribution in [3.8, 4) is 5.75 Å². The Labute approximate surface area is 157 Å². The number of anilines is 1. The molecule has 1 heterocycles. The molecule has 0 bridgehead atoms. The van der Waals surface area contributed by atoms with E-state index in [2.05, 4.69) is 19.4 Å². The van der Waals surface area contributed by atoms with E-state index in [0.29, 0.717) is 5.56 Å². The van der Waals surface area contributed by atoms with Crippen LogP contribution in [0.4, 0.5) is 18.9 Å². The minimum absolute atomic E-state index is 0.00905. The molecule has 0 atom stereocenters. The van der Waals surface area contributed by atoms with E-state index < -0.39 is 22.1 Å². The van der Waals surface area contributed by atoms with Crippen molar-refractivity contribution in [2.75, 3.05) is 4.72 Å². The largest absolute Gasteiger partial charge is 0.508 e. The van der Waals surface area contributed by atoms with Crippen LogP contribution in [-0.2, 0) is 16.2 Å². The molecule has 11 heteroatoms. The summed E-state index contributed by atoms with van der Waals surface area (Å²) in [6.45, 7) is 0. The van der Waals surface area contributed by atoms with Gasteiger partial charge in [0, 0.05) is 5.69 Å². The minimum Gasteiger partial charge on any atom is -0.508 e. The van der Waals surface area contributed by atoms with Crippen molar-refractivity contribution in [3.63, 3.8) is 0 Å². The van der Waals surface area contributed by atoms with Crippen molar-refractivity contribution in [2.45, 2.75) is 11.1 Å². The van der Waals surface area contributed by atoms with E-state index in [1.165, 1.54) is 48.5 Å². The molecule has 3 rings (SSSR count). The number of benzene rings is 2. The molecule has 7 nitrogen and oxygen atoms in total. The molecular formula is C17H12F3N3O4S. The quantitative estimate of drug-likeness (QED) is 0.620. The molecule has 3 aromatic rings. The fraction of sp³-hybridized carbons (Fsp3) is 0.0588. The van der Waals surface area contributed by atoms with Gasteiger partial charge in [-0.25, -0.2) is 8.42 Å². The smallest absolute Gasteiger partial charge is 0.471 e. The molecular weight excluding hydrogens is 399 g/mol. The van der Waals surface area contributed by atoms with Crippen LogP contribution in [0.5, 0.6) is 5.75 Å². The van der Waals surface area contributed by atoms with Gasteiger partial charge in [-0.15, -0.1) is 0 Å². The third-order valence-electron chi connectivity index (χ3n) is 3.40. The van der Waals surface area contributed by atoms with E-state index in [-0.39, 0.29) is 22.2 Å². The van der Waals surface area contributed by atoms with Crippen LogP contribution in [0.25, 0.3) is 12.2 Å².